The molecule has 1 N–H and O–H groups in total. The highest BCUT2D eigenvalue weighted by Crippen LogP contribution is 2.63. The van der Waals surface area contributed by atoms with Gasteiger partial charge in [-0.15, -0.1) is 0 Å². The van der Waals surface area contributed by atoms with Crippen molar-refractivity contribution in [3.8, 4) is 0 Å². The molecular weight excluding hydrogens is 208 g/mol. The molecule has 2 nitrogen and oxygen atoms in total. The van der Waals surface area contributed by atoms with Crippen molar-refractivity contribution in [1.29, 1.82) is 0 Å². The molecule has 2 heteroatoms. The van der Waals surface area contributed by atoms with Crippen LogP contribution in [0.5, 0.6) is 0 Å². The molecule has 4 bridgehead atoms. The fourth-order valence-electron chi connectivity index (χ4n) is 5.61. The van der Waals surface area contributed by atoms with Crippen LogP contribution in [0.2, 0.25) is 0 Å². The Morgan fingerprint density at radius 2 is 1.76 bits per heavy atom. The van der Waals surface area contributed by atoms with Gasteiger partial charge in [0.15, 0.2) is 0 Å². The minimum absolute atomic E-state index is 0.567. The molecule has 0 aromatic heterocycles. The van der Waals surface area contributed by atoms with E-state index >= 15 is 0 Å². The van der Waals surface area contributed by atoms with E-state index in [9.17, 15) is 0 Å². The summed E-state index contributed by atoms with van der Waals surface area (Å²) in [5.41, 5.74) is 1.26. The second kappa shape index (κ2) is 3.96. The van der Waals surface area contributed by atoms with Crippen LogP contribution in [0.15, 0.2) is 0 Å². The molecule has 0 radical (unpaired) electrons. The fourth-order valence-corrected chi connectivity index (χ4v) is 5.61. The molecule has 2 unspecified atom stereocenters. The topological polar surface area (TPSA) is 15.3 Å². The van der Waals surface area contributed by atoms with Gasteiger partial charge in [-0.3, -0.25) is 0 Å². The van der Waals surface area contributed by atoms with E-state index in [2.05, 4.69) is 31.4 Å². The molecule has 0 aromatic rings. The normalized spacial score (nSPS) is 48.0. The van der Waals surface area contributed by atoms with Crippen molar-refractivity contribution < 1.29 is 0 Å². The van der Waals surface area contributed by atoms with Gasteiger partial charge < -0.3 is 10.2 Å². The predicted molar refractivity (Wildman–Crippen MR) is 72.1 cm³/mol. The van der Waals surface area contributed by atoms with E-state index in [1.165, 1.54) is 51.5 Å². The molecule has 0 aromatic carbocycles. The molecule has 0 heterocycles. The second-order valence-corrected chi connectivity index (χ2v) is 7.43. The molecule has 4 fully saturated rings. The SMILES string of the molecule is CNCCC12CC3CC(C1)CC(N(C)C)(C3)C2. The van der Waals surface area contributed by atoms with E-state index in [-0.39, 0.29) is 0 Å². The summed E-state index contributed by atoms with van der Waals surface area (Å²) < 4.78 is 0. The van der Waals surface area contributed by atoms with Crippen LogP contribution in [-0.2, 0) is 0 Å². The number of hydrogen-bond acceptors (Lipinski definition) is 2. The molecule has 2 atom stereocenters. The summed E-state index contributed by atoms with van der Waals surface area (Å²) in [6.07, 6.45) is 10.4. The van der Waals surface area contributed by atoms with Gasteiger partial charge in [0.2, 0.25) is 0 Å². The van der Waals surface area contributed by atoms with Crippen LogP contribution in [0, 0.1) is 17.3 Å². The molecule has 0 aliphatic heterocycles. The molecule has 98 valence electrons. The van der Waals surface area contributed by atoms with Crippen molar-refractivity contribution >= 4 is 0 Å². The maximum absolute atomic E-state index is 3.37. The lowest BCUT2D eigenvalue weighted by atomic mass is 9.46. The van der Waals surface area contributed by atoms with Crippen molar-refractivity contribution in [2.45, 2.75) is 50.5 Å². The first-order valence-corrected chi connectivity index (χ1v) is 7.40. The van der Waals surface area contributed by atoms with Gasteiger partial charge in [0, 0.05) is 5.54 Å². The minimum Gasteiger partial charge on any atom is -0.320 e. The number of rotatable bonds is 4. The fraction of sp³-hybridized carbons (Fsp3) is 1.00. The molecule has 17 heavy (non-hydrogen) atoms. The van der Waals surface area contributed by atoms with Gasteiger partial charge in [-0.05, 0) is 89.9 Å². The lowest BCUT2D eigenvalue weighted by molar-refractivity contribution is -0.122. The number of nitrogens with zero attached hydrogens (tertiary/aromatic N) is 1. The molecule has 4 aliphatic rings. The van der Waals surface area contributed by atoms with Crippen LogP contribution < -0.4 is 5.32 Å². The standard InChI is InChI=1S/C15H28N2/c1-16-5-4-14-7-12-6-13(8-14)10-15(9-12,11-14)17(2)3/h12-13,16H,4-11H2,1-3H3. The van der Waals surface area contributed by atoms with Crippen LogP contribution in [0.1, 0.15) is 44.9 Å². The van der Waals surface area contributed by atoms with Crippen molar-refractivity contribution in [2.75, 3.05) is 27.7 Å². The Hall–Kier alpha value is -0.0800. The van der Waals surface area contributed by atoms with Crippen molar-refractivity contribution in [2.24, 2.45) is 17.3 Å². The summed E-state index contributed by atoms with van der Waals surface area (Å²) >= 11 is 0. The first-order chi connectivity index (χ1) is 8.07. The second-order valence-electron chi connectivity index (χ2n) is 7.43. The average Bonchev–Trinajstić information content (AvgIpc) is 2.24. The summed E-state index contributed by atoms with van der Waals surface area (Å²) in [6, 6.07) is 0. The number of hydrogen-bond donors (Lipinski definition) is 1. The molecule has 0 saturated heterocycles. The third-order valence-electron chi connectivity index (χ3n) is 6.01. The highest BCUT2D eigenvalue weighted by Gasteiger charge is 2.57. The lowest BCUT2D eigenvalue weighted by Gasteiger charge is -2.64. The smallest absolute Gasteiger partial charge is 0.0214 e. The van der Waals surface area contributed by atoms with Crippen LogP contribution >= 0.6 is 0 Å². The van der Waals surface area contributed by atoms with Crippen molar-refractivity contribution in [1.82, 2.24) is 10.2 Å². The van der Waals surface area contributed by atoms with Crippen LogP contribution in [0.25, 0.3) is 0 Å². The van der Waals surface area contributed by atoms with Crippen LogP contribution in [0.4, 0.5) is 0 Å². The molecule has 4 saturated carbocycles. The molecule has 0 spiro atoms. The maximum atomic E-state index is 3.37. The van der Waals surface area contributed by atoms with Gasteiger partial charge in [0.05, 0.1) is 0 Å². The Morgan fingerprint density at radius 3 is 2.29 bits per heavy atom. The van der Waals surface area contributed by atoms with Crippen molar-refractivity contribution in [3.63, 3.8) is 0 Å². The highest BCUT2D eigenvalue weighted by molar-refractivity contribution is 5.11. The highest BCUT2D eigenvalue weighted by atomic mass is 15.2. The Balaban J connectivity index is 1.84. The van der Waals surface area contributed by atoms with Crippen LogP contribution in [-0.4, -0.2) is 38.1 Å². The zero-order valence-electron chi connectivity index (χ0n) is 11.8. The maximum Gasteiger partial charge on any atom is 0.0214 e. The quantitative estimate of drug-likeness (QED) is 0.807. The summed E-state index contributed by atoms with van der Waals surface area (Å²) in [4.78, 5) is 2.57. The average molecular weight is 236 g/mol. The van der Waals surface area contributed by atoms with E-state index in [1.54, 1.807) is 0 Å². The molecule has 4 rings (SSSR count). The molecular formula is C15H28N2. The van der Waals surface area contributed by atoms with Crippen molar-refractivity contribution in [3.05, 3.63) is 0 Å². The van der Waals surface area contributed by atoms with E-state index in [1.807, 2.05) is 0 Å². The molecule has 0 amide bonds. The summed E-state index contributed by atoms with van der Waals surface area (Å²) in [5, 5.41) is 3.37. The third kappa shape index (κ3) is 1.84. The largest absolute Gasteiger partial charge is 0.320 e. The van der Waals surface area contributed by atoms with Gasteiger partial charge in [-0.25, -0.2) is 0 Å². The van der Waals surface area contributed by atoms with E-state index < -0.39 is 0 Å². The van der Waals surface area contributed by atoms with Gasteiger partial charge in [-0.2, -0.15) is 0 Å². The predicted octanol–water partition coefficient (Wildman–Crippen LogP) is 2.50. The zero-order valence-corrected chi connectivity index (χ0v) is 11.8. The monoisotopic (exact) mass is 236 g/mol. The van der Waals surface area contributed by atoms with Gasteiger partial charge in [0.25, 0.3) is 0 Å². The third-order valence-corrected chi connectivity index (χ3v) is 6.01. The molecule has 4 aliphatic carbocycles. The van der Waals surface area contributed by atoms with E-state index in [0.717, 1.165) is 11.8 Å². The van der Waals surface area contributed by atoms with E-state index in [4.69, 9.17) is 0 Å². The Bertz CT molecular complexity index is 283. The van der Waals surface area contributed by atoms with Crippen LogP contribution in [0.3, 0.4) is 0 Å². The Morgan fingerprint density at radius 1 is 1.12 bits per heavy atom. The first kappa shape index (κ1) is 12.0. The summed E-state index contributed by atoms with van der Waals surface area (Å²) in [7, 11) is 6.74. The zero-order chi connectivity index (χ0) is 12.1. The lowest BCUT2D eigenvalue weighted by Crippen LogP contribution is -2.61. The van der Waals surface area contributed by atoms with Gasteiger partial charge in [-0.1, -0.05) is 0 Å². The summed E-state index contributed by atoms with van der Waals surface area (Å²) in [6.45, 7) is 1.21. The minimum atomic E-state index is 0.567. The van der Waals surface area contributed by atoms with Gasteiger partial charge in [0.1, 0.15) is 0 Å². The first-order valence-electron chi connectivity index (χ1n) is 7.40. The summed E-state index contributed by atoms with van der Waals surface area (Å²) in [5.74, 6) is 2.08. The Kier molecular flexibility index (Phi) is 2.79. The Labute approximate surface area is 106 Å². The van der Waals surface area contributed by atoms with Gasteiger partial charge >= 0.3 is 0 Å². The van der Waals surface area contributed by atoms with E-state index in [0.29, 0.717) is 11.0 Å². The number of nitrogens with one attached hydrogen (secondary N) is 1.